The Kier molecular flexibility index (Phi) is 3.60. The molecular formula is C4H6ClFN4. The lowest BCUT2D eigenvalue weighted by molar-refractivity contribution is 0.580. The monoisotopic (exact) mass is 164 g/mol. The number of nitrogens with one attached hydrogen (secondary N) is 1. The first-order chi connectivity index (χ1) is 4.34. The SMILES string of the molecule is Cl.NNc1nccnc1F. The van der Waals surface area contributed by atoms with Gasteiger partial charge >= 0.3 is 0 Å². The highest BCUT2D eigenvalue weighted by molar-refractivity contribution is 5.85. The maximum atomic E-state index is 12.3. The molecular weight excluding hydrogens is 159 g/mol. The molecule has 0 bridgehead atoms. The average Bonchev–Trinajstić information content (AvgIpc) is 1.89. The summed E-state index contributed by atoms with van der Waals surface area (Å²) in [5, 5.41) is 0. The van der Waals surface area contributed by atoms with Crippen molar-refractivity contribution in [2.75, 3.05) is 5.43 Å². The van der Waals surface area contributed by atoms with Gasteiger partial charge in [0.25, 0.3) is 5.95 Å². The van der Waals surface area contributed by atoms with Gasteiger partial charge < -0.3 is 5.43 Å². The number of rotatable bonds is 1. The first-order valence-electron chi connectivity index (χ1n) is 2.27. The molecule has 1 heterocycles. The predicted octanol–water partition coefficient (Wildman–Crippen LogP) is 0.323. The van der Waals surface area contributed by atoms with E-state index in [0.717, 1.165) is 0 Å². The molecule has 0 spiro atoms. The molecule has 0 aliphatic carbocycles. The van der Waals surface area contributed by atoms with Crippen molar-refractivity contribution in [3.8, 4) is 0 Å². The minimum Gasteiger partial charge on any atom is -0.305 e. The van der Waals surface area contributed by atoms with Gasteiger partial charge in [-0.2, -0.15) is 4.39 Å². The number of aromatic nitrogens is 2. The second-order valence-electron chi connectivity index (χ2n) is 1.34. The zero-order valence-corrected chi connectivity index (χ0v) is 5.73. The molecule has 0 unspecified atom stereocenters. The summed E-state index contributed by atoms with van der Waals surface area (Å²) in [6, 6.07) is 0. The van der Waals surface area contributed by atoms with Crippen molar-refractivity contribution in [3.05, 3.63) is 18.3 Å². The summed E-state index contributed by atoms with van der Waals surface area (Å²) in [6.45, 7) is 0. The van der Waals surface area contributed by atoms with Gasteiger partial charge in [0.05, 0.1) is 0 Å². The summed E-state index contributed by atoms with van der Waals surface area (Å²) in [4.78, 5) is 6.80. The van der Waals surface area contributed by atoms with Crippen LogP contribution in [-0.2, 0) is 0 Å². The van der Waals surface area contributed by atoms with Crippen LogP contribution in [0.1, 0.15) is 0 Å². The Morgan fingerprint density at radius 3 is 2.40 bits per heavy atom. The predicted molar refractivity (Wildman–Crippen MR) is 37.0 cm³/mol. The maximum absolute atomic E-state index is 12.3. The summed E-state index contributed by atoms with van der Waals surface area (Å²) in [7, 11) is 0. The number of anilines is 1. The molecule has 4 nitrogen and oxygen atoms in total. The van der Waals surface area contributed by atoms with Gasteiger partial charge in [-0.3, -0.25) is 0 Å². The largest absolute Gasteiger partial charge is 0.305 e. The van der Waals surface area contributed by atoms with Gasteiger partial charge in [0.1, 0.15) is 0 Å². The lowest BCUT2D eigenvalue weighted by atomic mass is 10.7. The fourth-order valence-corrected chi connectivity index (χ4v) is 0.418. The van der Waals surface area contributed by atoms with Crippen molar-refractivity contribution >= 4 is 18.2 Å². The molecule has 1 rings (SSSR count). The van der Waals surface area contributed by atoms with Gasteiger partial charge in [-0.05, 0) is 0 Å². The van der Waals surface area contributed by atoms with Crippen molar-refractivity contribution in [1.29, 1.82) is 0 Å². The minimum atomic E-state index is -0.694. The zero-order chi connectivity index (χ0) is 6.69. The zero-order valence-electron chi connectivity index (χ0n) is 4.91. The third kappa shape index (κ3) is 1.78. The van der Waals surface area contributed by atoms with Gasteiger partial charge in [-0.15, -0.1) is 12.4 Å². The fourth-order valence-electron chi connectivity index (χ4n) is 0.418. The number of nitrogen functional groups attached to an aromatic ring is 1. The van der Waals surface area contributed by atoms with Crippen LogP contribution in [0.4, 0.5) is 10.2 Å². The molecule has 0 amide bonds. The molecule has 0 aliphatic rings. The topological polar surface area (TPSA) is 63.8 Å². The van der Waals surface area contributed by atoms with Crippen LogP contribution in [0.15, 0.2) is 12.4 Å². The lowest BCUT2D eigenvalue weighted by Crippen LogP contribution is -2.10. The summed E-state index contributed by atoms with van der Waals surface area (Å²) in [5.74, 6) is 4.12. The first kappa shape index (κ1) is 9.06. The molecule has 3 N–H and O–H groups in total. The molecule has 0 radical (unpaired) electrons. The van der Waals surface area contributed by atoms with Crippen LogP contribution in [0.5, 0.6) is 0 Å². The molecule has 0 saturated carbocycles. The summed E-state index contributed by atoms with van der Waals surface area (Å²) >= 11 is 0. The van der Waals surface area contributed by atoms with Crippen LogP contribution in [-0.4, -0.2) is 9.97 Å². The number of hydrogen-bond donors (Lipinski definition) is 2. The fraction of sp³-hybridized carbons (Fsp3) is 0. The Morgan fingerprint density at radius 1 is 1.40 bits per heavy atom. The second kappa shape index (κ2) is 3.97. The summed E-state index contributed by atoms with van der Waals surface area (Å²) in [5.41, 5.74) is 2.05. The van der Waals surface area contributed by atoms with Crippen LogP contribution >= 0.6 is 12.4 Å². The van der Waals surface area contributed by atoms with Crippen molar-refractivity contribution in [1.82, 2.24) is 9.97 Å². The van der Waals surface area contributed by atoms with E-state index in [4.69, 9.17) is 5.84 Å². The number of nitrogens with two attached hydrogens (primary N) is 1. The van der Waals surface area contributed by atoms with E-state index in [-0.39, 0.29) is 18.2 Å². The smallest absolute Gasteiger partial charge is 0.256 e. The molecule has 0 atom stereocenters. The quantitative estimate of drug-likeness (QED) is 0.464. The summed E-state index contributed by atoms with van der Waals surface area (Å²) < 4.78 is 12.3. The third-order valence-electron chi connectivity index (χ3n) is 0.790. The Hall–Kier alpha value is -0.940. The number of hydrazine groups is 1. The Bertz CT molecular complexity index is 206. The molecule has 0 saturated heterocycles. The van der Waals surface area contributed by atoms with Crippen molar-refractivity contribution in [2.45, 2.75) is 0 Å². The molecule has 56 valence electrons. The third-order valence-corrected chi connectivity index (χ3v) is 0.790. The molecule has 1 aromatic rings. The van der Waals surface area contributed by atoms with Gasteiger partial charge in [0.15, 0.2) is 5.82 Å². The number of halogens is 2. The average molecular weight is 165 g/mol. The highest BCUT2D eigenvalue weighted by atomic mass is 35.5. The molecule has 0 fully saturated rings. The normalized spacial score (nSPS) is 8.20. The van der Waals surface area contributed by atoms with E-state index in [2.05, 4.69) is 9.97 Å². The van der Waals surface area contributed by atoms with E-state index in [0.29, 0.717) is 0 Å². The van der Waals surface area contributed by atoms with E-state index in [1.807, 2.05) is 5.43 Å². The van der Waals surface area contributed by atoms with Crippen LogP contribution in [0.2, 0.25) is 0 Å². The summed E-state index contributed by atoms with van der Waals surface area (Å²) in [6.07, 6.45) is 2.59. The first-order valence-corrected chi connectivity index (χ1v) is 2.27. The van der Waals surface area contributed by atoms with E-state index < -0.39 is 5.95 Å². The highest BCUT2D eigenvalue weighted by Crippen LogP contribution is 2.01. The van der Waals surface area contributed by atoms with Crippen LogP contribution in [0.25, 0.3) is 0 Å². The van der Waals surface area contributed by atoms with Gasteiger partial charge in [-0.25, -0.2) is 15.8 Å². The molecule has 10 heavy (non-hydrogen) atoms. The number of nitrogens with zero attached hydrogens (tertiary/aromatic N) is 2. The van der Waals surface area contributed by atoms with Gasteiger partial charge in [0.2, 0.25) is 0 Å². The van der Waals surface area contributed by atoms with Crippen LogP contribution in [0.3, 0.4) is 0 Å². The maximum Gasteiger partial charge on any atom is 0.256 e. The standard InChI is InChI=1S/C4H5FN4.ClH/c5-3-4(9-6)8-2-1-7-3;/h1-2H,6H2,(H,8,9);1H. The molecule has 0 aliphatic heterocycles. The van der Waals surface area contributed by atoms with Crippen LogP contribution < -0.4 is 11.3 Å². The lowest BCUT2D eigenvalue weighted by Gasteiger charge is -1.95. The second-order valence-corrected chi connectivity index (χ2v) is 1.34. The Balaban J connectivity index is 0.000000810. The van der Waals surface area contributed by atoms with Crippen molar-refractivity contribution in [2.24, 2.45) is 5.84 Å². The molecule has 6 heteroatoms. The highest BCUT2D eigenvalue weighted by Gasteiger charge is 1.97. The minimum absolute atomic E-state index is 0. The van der Waals surface area contributed by atoms with E-state index in [1.54, 1.807) is 0 Å². The van der Waals surface area contributed by atoms with E-state index in [9.17, 15) is 4.39 Å². The molecule has 1 aromatic heterocycles. The Morgan fingerprint density at radius 2 is 2.00 bits per heavy atom. The number of hydrogen-bond acceptors (Lipinski definition) is 4. The molecule has 0 aromatic carbocycles. The Labute approximate surface area is 63.0 Å². The van der Waals surface area contributed by atoms with Crippen molar-refractivity contribution in [3.63, 3.8) is 0 Å². The van der Waals surface area contributed by atoms with Gasteiger partial charge in [-0.1, -0.05) is 0 Å². The van der Waals surface area contributed by atoms with E-state index >= 15 is 0 Å². The van der Waals surface area contributed by atoms with E-state index in [1.165, 1.54) is 12.4 Å². The van der Waals surface area contributed by atoms with Crippen molar-refractivity contribution < 1.29 is 4.39 Å². The van der Waals surface area contributed by atoms with Gasteiger partial charge in [0, 0.05) is 12.4 Å². The van der Waals surface area contributed by atoms with Crippen LogP contribution in [0, 0.1) is 5.95 Å².